The molecule has 0 atom stereocenters. The first-order valence-corrected chi connectivity index (χ1v) is 8.10. The Morgan fingerprint density at radius 3 is 2.32 bits per heavy atom. The summed E-state index contributed by atoms with van der Waals surface area (Å²) in [7, 11) is 0. The molecule has 0 spiro atoms. The van der Waals surface area contributed by atoms with Crippen molar-refractivity contribution < 1.29 is 14.5 Å². The van der Waals surface area contributed by atoms with Crippen LogP contribution in [0.5, 0.6) is 0 Å². The summed E-state index contributed by atoms with van der Waals surface area (Å²) in [6.07, 6.45) is 0. The molecule has 2 amide bonds. The maximum absolute atomic E-state index is 12.2. The van der Waals surface area contributed by atoms with E-state index in [2.05, 4.69) is 10.6 Å². The summed E-state index contributed by atoms with van der Waals surface area (Å²) in [6.45, 7) is 9.76. The summed E-state index contributed by atoms with van der Waals surface area (Å²) >= 11 is 0. The fourth-order valence-corrected chi connectivity index (χ4v) is 2.29. The number of nitrogens with one attached hydrogen (secondary N) is 2. The molecule has 0 aliphatic heterocycles. The number of rotatable bonds is 7. The molecule has 0 aliphatic rings. The molecule has 1 aromatic carbocycles. The van der Waals surface area contributed by atoms with E-state index >= 15 is 0 Å². The Hall–Kier alpha value is -2.48. The molecule has 0 bridgehead atoms. The maximum Gasteiger partial charge on any atom is 0.274 e. The third-order valence-corrected chi connectivity index (χ3v) is 3.47. The van der Waals surface area contributed by atoms with Crippen LogP contribution < -0.4 is 10.6 Å². The number of hydrogen-bond donors (Lipinski definition) is 2. The normalized spacial score (nSPS) is 11.3. The van der Waals surface area contributed by atoms with E-state index in [-0.39, 0.29) is 36.1 Å². The molecule has 0 radical (unpaired) electrons. The van der Waals surface area contributed by atoms with Gasteiger partial charge in [-0.25, -0.2) is 0 Å². The number of amides is 2. The van der Waals surface area contributed by atoms with E-state index in [1.807, 2.05) is 27.7 Å². The van der Waals surface area contributed by atoms with E-state index in [0.717, 1.165) is 0 Å². The highest BCUT2D eigenvalue weighted by molar-refractivity contribution is 5.93. The van der Waals surface area contributed by atoms with E-state index in [1.54, 1.807) is 17.9 Å². The lowest BCUT2D eigenvalue weighted by Crippen LogP contribution is -2.47. The average molecular weight is 350 g/mol. The minimum Gasteiger partial charge on any atom is -0.350 e. The van der Waals surface area contributed by atoms with Crippen LogP contribution in [0.3, 0.4) is 0 Å². The highest BCUT2D eigenvalue weighted by atomic mass is 16.6. The van der Waals surface area contributed by atoms with Gasteiger partial charge in [-0.2, -0.15) is 0 Å². The molecule has 0 saturated carbocycles. The highest BCUT2D eigenvalue weighted by Crippen LogP contribution is 2.24. The quantitative estimate of drug-likeness (QED) is 0.579. The molecule has 0 heterocycles. The maximum atomic E-state index is 12.2. The summed E-state index contributed by atoms with van der Waals surface area (Å²) < 4.78 is 0. The third kappa shape index (κ3) is 6.88. The van der Waals surface area contributed by atoms with E-state index < -0.39 is 4.92 Å². The average Bonchev–Trinajstić information content (AvgIpc) is 2.46. The van der Waals surface area contributed by atoms with Crippen LogP contribution in [0.25, 0.3) is 0 Å². The van der Waals surface area contributed by atoms with E-state index in [1.165, 1.54) is 12.1 Å². The molecule has 0 saturated heterocycles. The smallest absolute Gasteiger partial charge is 0.274 e. The standard InChI is InChI=1S/C17H26N4O4/c1-6-20(11-16(23)19-17(3,4)5)10-15(22)18-13-8-7-9-14(12(13)2)21(24)25/h7-9H,6,10-11H2,1-5H3,(H,18,22)(H,19,23). The lowest BCUT2D eigenvalue weighted by Gasteiger charge is -2.24. The minimum atomic E-state index is -0.486. The first-order valence-electron chi connectivity index (χ1n) is 8.10. The third-order valence-electron chi connectivity index (χ3n) is 3.47. The molecule has 8 heteroatoms. The molecule has 2 N–H and O–H groups in total. The number of carbonyl (C=O) groups is 2. The summed E-state index contributed by atoms with van der Waals surface area (Å²) in [4.78, 5) is 36.4. The fourth-order valence-electron chi connectivity index (χ4n) is 2.29. The van der Waals surface area contributed by atoms with Crippen molar-refractivity contribution in [2.75, 3.05) is 25.0 Å². The van der Waals surface area contributed by atoms with Crippen molar-refractivity contribution in [3.05, 3.63) is 33.9 Å². The molecule has 1 aromatic rings. The van der Waals surface area contributed by atoms with Crippen molar-refractivity contribution in [1.82, 2.24) is 10.2 Å². The second-order valence-corrected chi connectivity index (χ2v) is 6.86. The lowest BCUT2D eigenvalue weighted by atomic mass is 10.1. The molecule has 0 fully saturated rings. The molecule has 138 valence electrons. The largest absolute Gasteiger partial charge is 0.350 e. The number of anilines is 1. The number of likely N-dealkylation sites (N-methyl/N-ethyl adjacent to an activating group) is 1. The van der Waals surface area contributed by atoms with E-state index in [0.29, 0.717) is 17.8 Å². The summed E-state index contributed by atoms with van der Waals surface area (Å²) in [5.74, 6) is -0.484. The first-order chi connectivity index (χ1) is 11.5. The number of carbonyl (C=O) groups excluding carboxylic acids is 2. The van der Waals surface area contributed by atoms with E-state index in [9.17, 15) is 19.7 Å². The molecule has 25 heavy (non-hydrogen) atoms. The molecule has 0 unspecified atom stereocenters. The first kappa shape index (κ1) is 20.6. The van der Waals surface area contributed by atoms with Crippen LogP contribution in [0.4, 0.5) is 11.4 Å². The van der Waals surface area contributed by atoms with Crippen molar-refractivity contribution in [1.29, 1.82) is 0 Å². The molecule has 0 aromatic heterocycles. The predicted octanol–water partition coefficient (Wildman–Crippen LogP) is 2.08. The second kappa shape index (κ2) is 8.57. The van der Waals surface area contributed by atoms with Gasteiger partial charge in [0.25, 0.3) is 5.69 Å². The van der Waals surface area contributed by atoms with Crippen molar-refractivity contribution >= 4 is 23.2 Å². The van der Waals surface area contributed by atoms with Crippen LogP contribution in [-0.2, 0) is 9.59 Å². The zero-order chi connectivity index (χ0) is 19.2. The zero-order valence-electron chi connectivity index (χ0n) is 15.4. The number of nitro benzene ring substituents is 1. The van der Waals surface area contributed by atoms with Crippen LogP contribution in [0.15, 0.2) is 18.2 Å². The van der Waals surface area contributed by atoms with Gasteiger partial charge >= 0.3 is 0 Å². The van der Waals surface area contributed by atoms with Gasteiger partial charge in [0.2, 0.25) is 11.8 Å². The Kier molecular flexibility index (Phi) is 7.05. The van der Waals surface area contributed by atoms with Gasteiger partial charge in [0.1, 0.15) is 0 Å². The Labute approximate surface area is 147 Å². The van der Waals surface area contributed by atoms with Crippen molar-refractivity contribution in [3.8, 4) is 0 Å². The molecule has 1 rings (SSSR count). The number of nitrogens with zero attached hydrogens (tertiary/aromatic N) is 2. The van der Waals surface area contributed by atoms with Gasteiger partial charge in [0, 0.05) is 11.6 Å². The number of benzene rings is 1. The summed E-state index contributed by atoms with van der Waals surface area (Å²) in [6, 6.07) is 4.53. The Morgan fingerprint density at radius 1 is 1.20 bits per heavy atom. The number of nitro groups is 1. The Morgan fingerprint density at radius 2 is 1.80 bits per heavy atom. The highest BCUT2D eigenvalue weighted by Gasteiger charge is 2.19. The zero-order valence-corrected chi connectivity index (χ0v) is 15.4. The van der Waals surface area contributed by atoms with Crippen LogP contribution in [0.1, 0.15) is 33.3 Å². The van der Waals surface area contributed by atoms with Crippen LogP contribution in [0.2, 0.25) is 0 Å². The van der Waals surface area contributed by atoms with Gasteiger partial charge in [-0.3, -0.25) is 24.6 Å². The van der Waals surface area contributed by atoms with Gasteiger partial charge in [0.05, 0.1) is 29.3 Å². The van der Waals surface area contributed by atoms with Crippen molar-refractivity contribution in [2.24, 2.45) is 0 Å². The molecular formula is C17H26N4O4. The number of hydrogen-bond acceptors (Lipinski definition) is 5. The van der Waals surface area contributed by atoms with Gasteiger partial charge in [-0.1, -0.05) is 13.0 Å². The van der Waals surface area contributed by atoms with Crippen molar-refractivity contribution in [2.45, 2.75) is 40.2 Å². The summed E-state index contributed by atoms with van der Waals surface area (Å²) in [5, 5.41) is 16.5. The SMILES string of the molecule is CCN(CC(=O)Nc1cccc([N+](=O)[O-])c1C)CC(=O)NC(C)(C)C. The van der Waals surface area contributed by atoms with Crippen LogP contribution in [-0.4, -0.2) is 46.8 Å². The van der Waals surface area contributed by atoms with Gasteiger partial charge < -0.3 is 10.6 Å². The van der Waals surface area contributed by atoms with Gasteiger partial charge in [-0.05, 0) is 40.3 Å². The monoisotopic (exact) mass is 350 g/mol. The van der Waals surface area contributed by atoms with Crippen molar-refractivity contribution in [3.63, 3.8) is 0 Å². The molecule has 8 nitrogen and oxygen atoms in total. The summed E-state index contributed by atoms with van der Waals surface area (Å²) in [5.41, 5.74) is 0.414. The Balaban J connectivity index is 2.70. The van der Waals surface area contributed by atoms with Gasteiger partial charge in [0.15, 0.2) is 0 Å². The van der Waals surface area contributed by atoms with Gasteiger partial charge in [-0.15, -0.1) is 0 Å². The predicted molar refractivity (Wildman–Crippen MR) is 96.5 cm³/mol. The van der Waals surface area contributed by atoms with Crippen LogP contribution in [0, 0.1) is 17.0 Å². The second-order valence-electron chi connectivity index (χ2n) is 6.86. The fraction of sp³-hybridized carbons (Fsp3) is 0.529. The Bertz CT molecular complexity index is 653. The minimum absolute atomic E-state index is 0.0240. The molecule has 0 aliphatic carbocycles. The van der Waals surface area contributed by atoms with E-state index in [4.69, 9.17) is 0 Å². The molecular weight excluding hydrogens is 324 g/mol. The van der Waals surface area contributed by atoms with Crippen LogP contribution >= 0.6 is 0 Å². The topological polar surface area (TPSA) is 105 Å². The lowest BCUT2D eigenvalue weighted by molar-refractivity contribution is -0.385.